The van der Waals surface area contributed by atoms with Gasteiger partial charge in [0, 0.05) is 35.1 Å². The summed E-state index contributed by atoms with van der Waals surface area (Å²) in [6.07, 6.45) is 1.66. The van der Waals surface area contributed by atoms with E-state index in [1.807, 2.05) is 24.3 Å². The third-order valence-electron chi connectivity index (χ3n) is 5.54. The van der Waals surface area contributed by atoms with Gasteiger partial charge in [-0.25, -0.2) is 0 Å². The van der Waals surface area contributed by atoms with Crippen LogP contribution in [0.5, 0.6) is 5.75 Å². The quantitative estimate of drug-likeness (QED) is 0.353. The first kappa shape index (κ1) is 18.8. The summed E-state index contributed by atoms with van der Waals surface area (Å²) in [7, 11) is 1.66. The normalized spacial score (nSPS) is 11.9. The molecule has 0 aliphatic rings. The Bertz CT molecular complexity index is 1170. The minimum absolute atomic E-state index is 0.559. The van der Waals surface area contributed by atoms with E-state index in [1.54, 1.807) is 19.4 Å². The number of rotatable bonds is 6. The van der Waals surface area contributed by atoms with Gasteiger partial charge >= 0.3 is 0 Å². The Labute approximate surface area is 169 Å². The highest BCUT2D eigenvalue weighted by molar-refractivity contribution is 6.31. The maximum absolute atomic E-state index is 12.7. The SMILES string of the molecule is CCN(CC)CCn1c2ccc(OC)cc2c2c[n+]([O-])c3cc(Cl)ccc3c21. The van der Waals surface area contributed by atoms with Gasteiger partial charge in [0.25, 0.3) is 0 Å². The first-order valence-electron chi connectivity index (χ1n) is 9.61. The van der Waals surface area contributed by atoms with E-state index in [4.69, 9.17) is 16.3 Å². The number of hydrogen-bond acceptors (Lipinski definition) is 3. The van der Waals surface area contributed by atoms with Crippen molar-refractivity contribution < 1.29 is 9.47 Å². The van der Waals surface area contributed by atoms with Crippen LogP contribution in [0.2, 0.25) is 5.02 Å². The van der Waals surface area contributed by atoms with Gasteiger partial charge in [-0.2, -0.15) is 4.73 Å². The number of pyridine rings is 1. The highest BCUT2D eigenvalue weighted by atomic mass is 35.5. The topological polar surface area (TPSA) is 44.3 Å². The Balaban J connectivity index is 2.05. The summed E-state index contributed by atoms with van der Waals surface area (Å²) in [6, 6.07) is 11.6. The summed E-state index contributed by atoms with van der Waals surface area (Å²) in [4.78, 5) is 2.40. The van der Waals surface area contributed by atoms with Gasteiger partial charge in [-0.05, 0) is 43.4 Å². The van der Waals surface area contributed by atoms with E-state index in [0.717, 1.165) is 63.9 Å². The largest absolute Gasteiger partial charge is 0.618 e. The van der Waals surface area contributed by atoms with Gasteiger partial charge in [0.05, 0.1) is 23.4 Å². The van der Waals surface area contributed by atoms with E-state index in [0.29, 0.717) is 10.5 Å². The van der Waals surface area contributed by atoms with Gasteiger partial charge in [0.1, 0.15) is 5.75 Å². The summed E-state index contributed by atoms with van der Waals surface area (Å²) in [5.41, 5.74) is 2.75. The highest BCUT2D eigenvalue weighted by Crippen LogP contribution is 2.35. The maximum atomic E-state index is 12.7. The number of likely N-dealkylation sites (N-methyl/N-ethyl adjacent to an activating group) is 1. The minimum Gasteiger partial charge on any atom is -0.618 e. The number of nitrogens with zero attached hydrogens (tertiary/aromatic N) is 3. The summed E-state index contributed by atoms with van der Waals surface area (Å²) in [6.45, 7) is 8.17. The third kappa shape index (κ3) is 3.05. The number of benzene rings is 2. The smallest absolute Gasteiger partial charge is 0.227 e. The van der Waals surface area contributed by atoms with E-state index in [9.17, 15) is 5.21 Å². The third-order valence-corrected chi connectivity index (χ3v) is 5.78. The second-order valence-corrected chi connectivity index (χ2v) is 7.38. The lowest BCUT2D eigenvalue weighted by Crippen LogP contribution is -2.28. The number of aromatic nitrogens is 2. The molecule has 0 unspecified atom stereocenters. The van der Waals surface area contributed by atoms with Crippen LogP contribution in [-0.4, -0.2) is 36.2 Å². The Hall–Kier alpha value is -2.50. The van der Waals surface area contributed by atoms with E-state index in [1.165, 1.54) is 0 Å². The van der Waals surface area contributed by atoms with Crippen LogP contribution in [-0.2, 0) is 6.54 Å². The van der Waals surface area contributed by atoms with E-state index in [2.05, 4.69) is 29.4 Å². The molecule has 146 valence electrons. The molecule has 0 bridgehead atoms. The monoisotopic (exact) mass is 397 g/mol. The highest BCUT2D eigenvalue weighted by Gasteiger charge is 2.19. The van der Waals surface area contributed by atoms with Crippen LogP contribution >= 0.6 is 11.6 Å². The number of ether oxygens (including phenoxy) is 1. The molecule has 0 aliphatic carbocycles. The van der Waals surface area contributed by atoms with Crippen molar-refractivity contribution in [2.75, 3.05) is 26.7 Å². The Kier molecular flexibility index (Phi) is 5.04. The molecular formula is C22H24ClN3O2. The molecule has 28 heavy (non-hydrogen) atoms. The Morgan fingerprint density at radius 3 is 2.57 bits per heavy atom. The van der Waals surface area contributed by atoms with Crippen LogP contribution < -0.4 is 9.47 Å². The fourth-order valence-electron chi connectivity index (χ4n) is 4.00. The molecule has 4 rings (SSSR count). The molecule has 0 saturated heterocycles. The first-order valence-corrected chi connectivity index (χ1v) is 9.98. The average Bonchev–Trinajstić information content (AvgIpc) is 3.02. The molecule has 0 radical (unpaired) electrons. The zero-order valence-electron chi connectivity index (χ0n) is 16.4. The van der Waals surface area contributed by atoms with Gasteiger partial charge in [-0.3, -0.25) is 0 Å². The van der Waals surface area contributed by atoms with E-state index in [-0.39, 0.29) is 0 Å². The molecule has 4 aromatic rings. The van der Waals surface area contributed by atoms with Crippen molar-refractivity contribution in [2.24, 2.45) is 0 Å². The van der Waals surface area contributed by atoms with Gasteiger partial charge in [-0.1, -0.05) is 25.4 Å². The van der Waals surface area contributed by atoms with Crippen molar-refractivity contribution in [3.05, 3.63) is 52.8 Å². The van der Waals surface area contributed by atoms with Crippen LogP contribution in [0.3, 0.4) is 0 Å². The molecule has 0 saturated carbocycles. The molecule has 0 aliphatic heterocycles. The summed E-state index contributed by atoms with van der Waals surface area (Å²) >= 11 is 6.16. The Morgan fingerprint density at radius 2 is 1.86 bits per heavy atom. The fraction of sp³-hybridized carbons (Fsp3) is 0.318. The van der Waals surface area contributed by atoms with Crippen molar-refractivity contribution in [1.82, 2.24) is 9.47 Å². The average molecular weight is 398 g/mol. The van der Waals surface area contributed by atoms with Gasteiger partial charge in [0.15, 0.2) is 6.20 Å². The molecule has 0 spiro atoms. The minimum atomic E-state index is 0.559. The predicted molar refractivity (Wildman–Crippen MR) is 115 cm³/mol. The molecule has 2 aromatic carbocycles. The second kappa shape index (κ2) is 7.49. The number of methoxy groups -OCH3 is 1. The molecule has 0 amide bonds. The van der Waals surface area contributed by atoms with Gasteiger partial charge < -0.3 is 19.4 Å². The molecule has 0 N–H and O–H groups in total. The van der Waals surface area contributed by atoms with Crippen LogP contribution in [0, 0.1) is 5.21 Å². The summed E-state index contributed by atoms with van der Waals surface area (Å²) in [5.74, 6) is 0.781. The number of hydrogen-bond donors (Lipinski definition) is 0. The fourth-order valence-corrected chi connectivity index (χ4v) is 4.16. The summed E-state index contributed by atoms with van der Waals surface area (Å²) in [5, 5.41) is 16.1. The van der Waals surface area contributed by atoms with Crippen LogP contribution in [0.15, 0.2) is 42.6 Å². The number of halogens is 1. The van der Waals surface area contributed by atoms with Crippen LogP contribution in [0.1, 0.15) is 13.8 Å². The van der Waals surface area contributed by atoms with Crippen LogP contribution in [0.25, 0.3) is 32.7 Å². The van der Waals surface area contributed by atoms with Crippen LogP contribution in [0.4, 0.5) is 0 Å². The first-order chi connectivity index (χ1) is 13.6. The van der Waals surface area contributed by atoms with Gasteiger partial charge in [-0.15, -0.1) is 0 Å². The standard InChI is InChI=1S/C22H24ClN3O2/c1-4-24(5-2)10-11-25-20-9-7-16(28-3)13-18(20)19-14-26(27)21-12-15(23)6-8-17(21)22(19)25/h6-9,12-14H,4-5,10-11H2,1-3H3. The zero-order chi connectivity index (χ0) is 19.8. The number of fused-ring (bicyclic) bond motifs is 5. The van der Waals surface area contributed by atoms with E-state index >= 15 is 0 Å². The lowest BCUT2D eigenvalue weighted by Gasteiger charge is -2.19. The molecule has 0 atom stereocenters. The van der Waals surface area contributed by atoms with Crippen molar-refractivity contribution in [3.63, 3.8) is 0 Å². The van der Waals surface area contributed by atoms with Crippen molar-refractivity contribution >= 4 is 44.3 Å². The van der Waals surface area contributed by atoms with Crippen molar-refractivity contribution in [1.29, 1.82) is 0 Å². The van der Waals surface area contributed by atoms with E-state index < -0.39 is 0 Å². The molecule has 0 fully saturated rings. The maximum Gasteiger partial charge on any atom is 0.227 e. The molecule has 6 heteroatoms. The molecule has 2 aromatic heterocycles. The van der Waals surface area contributed by atoms with Crippen molar-refractivity contribution in [3.8, 4) is 5.75 Å². The molecule has 5 nitrogen and oxygen atoms in total. The lowest BCUT2D eigenvalue weighted by atomic mass is 10.1. The molecule has 2 heterocycles. The summed E-state index contributed by atoms with van der Waals surface area (Å²) < 4.78 is 8.66. The predicted octanol–water partition coefficient (Wildman–Crippen LogP) is 4.58. The second-order valence-electron chi connectivity index (χ2n) is 6.94. The zero-order valence-corrected chi connectivity index (χ0v) is 17.2. The van der Waals surface area contributed by atoms with Crippen molar-refractivity contribution in [2.45, 2.75) is 20.4 Å². The van der Waals surface area contributed by atoms with Gasteiger partial charge in [0.2, 0.25) is 5.52 Å². The Morgan fingerprint density at radius 1 is 1.07 bits per heavy atom. The lowest BCUT2D eigenvalue weighted by molar-refractivity contribution is -0.575. The molecular weight excluding hydrogens is 374 g/mol.